The maximum Gasteiger partial charge on any atom is 0.269 e. The molecule has 0 saturated heterocycles. The maximum absolute atomic E-state index is 12.3. The zero-order chi connectivity index (χ0) is 24.1. The van der Waals surface area contributed by atoms with E-state index in [1.165, 1.54) is 13.1 Å². The topological polar surface area (TPSA) is 144 Å². The zero-order valence-electron chi connectivity index (χ0n) is 19.3. The van der Waals surface area contributed by atoms with Gasteiger partial charge in [-0.2, -0.15) is 0 Å². The van der Waals surface area contributed by atoms with Crippen LogP contribution in [0, 0.1) is 19.8 Å². The van der Waals surface area contributed by atoms with Gasteiger partial charge in [0.1, 0.15) is 17.3 Å². The van der Waals surface area contributed by atoms with Crippen LogP contribution in [0.4, 0.5) is 5.69 Å². The molecule has 0 atom stereocenters. The van der Waals surface area contributed by atoms with Crippen molar-refractivity contribution in [3.8, 4) is 16.9 Å². The average molecular weight is 451 g/mol. The zero-order valence-corrected chi connectivity index (χ0v) is 19.3. The van der Waals surface area contributed by atoms with E-state index >= 15 is 0 Å². The normalized spacial score (nSPS) is 14.2. The Morgan fingerprint density at radius 1 is 1.15 bits per heavy atom. The third-order valence-electron chi connectivity index (χ3n) is 5.32. The third-order valence-corrected chi connectivity index (χ3v) is 5.32. The second-order valence-corrected chi connectivity index (χ2v) is 7.92. The number of pyridine rings is 1. The predicted molar refractivity (Wildman–Crippen MR) is 128 cm³/mol. The highest BCUT2D eigenvalue weighted by atomic mass is 16.5. The fraction of sp³-hybridized carbons (Fsp3) is 0.292. The van der Waals surface area contributed by atoms with Crippen molar-refractivity contribution in [1.29, 1.82) is 0 Å². The van der Waals surface area contributed by atoms with Gasteiger partial charge in [0, 0.05) is 42.1 Å². The molecule has 0 radical (unpaired) electrons. The SMILES string of the molecule is CNC(=O)/C(N)=C(/C=C(\N)NC(=O)C1CC1)Nc1ccc(C)c(-c2ccc(C)nc2)c1OC. The second kappa shape index (κ2) is 10.1. The van der Waals surface area contributed by atoms with Crippen molar-refractivity contribution in [2.45, 2.75) is 26.7 Å². The number of aryl methyl sites for hydroxylation is 2. The average Bonchev–Trinajstić information content (AvgIpc) is 3.64. The van der Waals surface area contributed by atoms with E-state index in [1.54, 1.807) is 13.3 Å². The van der Waals surface area contributed by atoms with Gasteiger partial charge in [-0.1, -0.05) is 12.1 Å². The Morgan fingerprint density at radius 3 is 2.45 bits per heavy atom. The lowest BCUT2D eigenvalue weighted by molar-refractivity contribution is -0.121. The molecule has 3 rings (SSSR count). The summed E-state index contributed by atoms with van der Waals surface area (Å²) in [6, 6.07) is 7.64. The van der Waals surface area contributed by atoms with Crippen LogP contribution in [0.1, 0.15) is 24.1 Å². The molecule has 0 unspecified atom stereocenters. The van der Waals surface area contributed by atoms with Crippen molar-refractivity contribution < 1.29 is 14.3 Å². The molecule has 174 valence electrons. The molecule has 1 heterocycles. The van der Waals surface area contributed by atoms with Crippen molar-refractivity contribution in [3.05, 3.63) is 65.0 Å². The number of nitrogens with zero attached hydrogens (tertiary/aromatic N) is 1. The Labute approximate surface area is 193 Å². The minimum absolute atomic E-state index is 0.0171. The number of carbonyl (C=O) groups excluding carboxylic acids is 2. The first-order valence-electron chi connectivity index (χ1n) is 10.6. The van der Waals surface area contributed by atoms with E-state index in [-0.39, 0.29) is 29.0 Å². The van der Waals surface area contributed by atoms with Gasteiger partial charge in [0.25, 0.3) is 5.91 Å². The van der Waals surface area contributed by atoms with E-state index in [2.05, 4.69) is 20.9 Å². The van der Waals surface area contributed by atoms with Crippen LogP contribution in [0.2, 0.25) is 0 Å². The van der Waals surface area contributed by atoms with Crippen molar-refractivity contribution in [2.24, 2.45) is 17.4 Å². The van der Waals surface area contributed by atoms with Gasteiger partial charge in [0.15, 0.2) is 0 Å². The Balaban J connectivity index is 2.03. The molecule has 1 aliphatic carbocycles. The molecule has 0 bridgehead atoms. The highest BCUT2D eigenvalue weighted by molar-refractivity contribution is 5.94. The van der Waals surface area contributed by atoms with Crippen molar-refractivity contribution in [1.82, 2.24) is 15.6 Å². The summed E-state index contributed by atoms with van der Waals surface area (Å²) >= 11 is 0. The number of amides is 2. The van der Waals surface area contributed by atoms with Gasteiger partial charge in [-0.25, -0.2) is 0 Å². The quantitative estimate of drug-likeness (QED) is 0.306. The summed E-state index contributed by atoms with van der Waals surface area (Å²) in [6.45, 7) is 3.89. The molecule has 1 aromatic heterocycles. The molecule has 2 amide bonds. The van der Waals surface area contributed by atoms with Crippen LogP contribution in [-0.2, 0) is 9.59 Å². The van der Waals surface area contributed by atoms with Crippen LogP contribution in [-0.4, -0.2) is 31.0 Å². The van der Waals surface area contributed by atoms with Gasteiger partial charge < -0.3 is 32.2 Å². The fourth-order valence-corrected chi connectivity index (χ4v) is 3.33. The maximum atomic E-state index is 12.3. The first kappa shape index (κ1) is 23.6. The Morgan fingerprint density at radius 2 is 1.88 bits per heavy atom. The number of anilines is 1. The largest absolute Gasteiger partial charge is 0.494 e. The van der Waals surface area contributed by atoms with Gasteiger partial charge >= 0.3 is 0 Å². The smallest absolute Gasteiger partial charge is 0.269 e. The van der Waals surface area contributed by atoms with Gasteiger partial charge in [0.2, 0.25) is 5.91 Å². The van der Waals surface area contributed by atoms with Crippen LogP contribution >= 0.6 is 0 Å². The van der Waals surface area contributed by atoms with Crippen LogP contribution in [0.15, 0.2) is 53.8 Å². The van der Waals surface area contributed by atoms with E-state index < -0.39 is 5.91 Å². The number of methoxy groups -OCH3 is 1. The first-order chi connectivity index (χ1) is 15.7. The molecule has 9 nitrogen and oxygen atoms in total. The highest BCUT2D eigenvalue weighted by Crippen LogP contribution is 2.39. The standard InChI is InChI=1S/C24H30N6O3/c1-13-5-10-17(22(33-4)20(13)16-7-6-14(2)28-12-16)29-18(21(26)24(32)27-3)11-19(25)30-23(31)15-8-9-15/h5-7,10-12,15,29H,8-9,25-26H2,1-4H3,(H,27,32)(H,30,31)/b19-11+,21-18+. The van der Waals surface area contributed by atoms with E-state index in [0.717, 1.165) is 35.2 Å². The molecule has 9 heteroatoms. The molecule has 2 aromatic rings. The number of nitrogens with two attached hydrogens (primary N) is 2. The number of hydrogen-bond acceptors (Lipinski definition) is 7. The second-order valence-electron chi connectivity index (χ2n) is 7.92. The lowest BCUT2D eigenvalue weighted by Crippen LogP contribution is -2.31. The van der Waals surface area contributed by atoms with Gasteiger partial charge in [-0.3, -0.25) is 14.6 Å². The molecule has 1 aromatic carbocycles. The Hall–Kier alpha value is -4.01. The molecule has 0 aliphatic heterocycles. The van der Waals surface area contributed by atoms with Crippen LogP contribution < -0.4 is 32.2 Å². The molecular weight excluding hydrogens is 420 g/mol. The predicted octanol–water partition coefficient (Wildman–Crippen LogP) is 2.03. The summed E-state index contributed by atoms with van der Waals surface area (Å²) < 4.78 is 5.74. The molecular formula is C24H30N6O3. The van der Waals surface area contributed by atoms with E-state index in [9.17, 15) is 9.59 Å². The number of benzene rings is 1. The number of nitrogens with one attached hydrogen (secondary N) is 3. The molecule has 1 saturated carbocycles. The Bertz CT molecular complexity index is 1120. The summed E-state index contributed by atoms with van der Waals surface area (Å²) in [5.41, 5.74) is 16.5. The van der Waals surface area contributed by atoms with E-state index in [4.69, 9.17) is 16.2 Å². The van der Waals surface area contributed by atoms with Crippen LogP contribution in [0.3, 0.4) is 0 Å². The number of hydrogen-bond donors (Lipinski definition) is 5. The number of rotatable bonds is 8. The van der Waals surface area contributed by atoms with Gasteiger partial charge in [-0.15, -0.1) is 0 Å². The fourth-order valence-electron chi connectivity index (χ4n) is 3.33. The molecule has 1 fully saturated rings. The number of likely N-dealkylation sites (N-methyl/N-ethyl adjacent to an activating group) is 1. The van der Waals surface area contributed by atoms with E-state index in [0.29, 0.717) is 11.4 Å². The summed E-state index contributed by atoms with van der Waals surface area (Å²) in [4.78, 5) is 28.7. The van der Waals surface area contributed by atoms with Crippen LogP contribution in [0.25, 0.3) is 11.1 Å². The van der Waals surface area contributed by atoms with Crippen molar-refractivity contribution in [2.75, 3.05) is 19.5 Å². The molecule has 1 aliphatic rings. The number of carbonyl (C=O) groups is 2. The third kappa shape index (κ3) is 5.62. The summed E-state index contributed by atoms with van der Waals surface area (Å²) in [6.07, 6.45) is 4.90. The van der Waals surface area contributed by atoms with Gasteiger partial charge in [-0.05, 0) is 44.4 Å². The number of aromatic nitrogens is 1. The minimum atomic E-state index is -0.496. The molecule has 0 spiro atoms. The lowest BCUT2D eigenvalue weighted by atomic mass is 9.99. The highest BCUT2D eigenvalue weighted by Gasteiger charge is 2.29. The first-order valence-corrected chi connectivity index (χ1v) is 10.6. The van der Waals surface area contributed by atoms with Crippen molar-refractivity contribution in [3.63, 3.8) is 0 Å². The number of ether oxygens (including phenoxy) is 1. The minimum Gasteiger partial charge on any atom is -0.494 e. The summed E-state index contributed by atoms with van der Waals surface area (Å²) in [5.74, 6) is -0.0311. The lowest BCUT2D eigenvalue weighted by Gasteiger charge is -2.19. The van der Waals surface area contributed by atoms with Crippen LogP contribution in [0.5, 0.6) is 5.75 Å². The van der Waals surface area contributed by atoms with Gasteiger partial charge in [0.05, 0.1) is 18.5 Å². The monoisotopic (exact) mass is 450 g/mol. The van der Waals surface area contributed by atoms with Crippen molar-refractivity contribution >= 4 is 17.5 Å². The number of allylic oxidation sites excluding steroid dienone is 1. The summed E-state index contributed by atoms with van der Waals surface area (Å²) in [5, 5.41) is 8.30. The summed E-state index contributed by atoms with van der Waals surface area (Å²) in [7, 11) is 3.04. The Kier molecular flexibility index (Phi) is 7.22. The molecule has 7 N–H and O–H groups in total. The molecule has 33 heavy (non-hydrogen) atoms. The van der Waals surface area contributed by atoms with E-state index in [1.807, 2.05) is 38.1 Å².